The molecule has 2 aromatic rings. The number of hydrogen-bond donors (Lipinski definition) is 1. The highest BCUT2D eigenvalue weighted by Crippen LogP contribution is 2.33. The molecular weight excluding hydrogens is 350 g/mol. The Bertz CT molecular complexity index is 804. The molecule has 0 spiro atoms. The SMILES string of the molecule is COc1ccc(CCNC(=O)OCc2ccccc2)c(C=O)c1OC(C)=O. The predicted octanol–water partition coefficient (Wildman–Crippen LogP) is 2.90. The van der Waals surface area contributed by atoms with Gasteiger partial charge in [0, 0.05) is 13.5 Å². The van der Waals surface area contributed by atoms with E-state index in [1.807, 2.05) is 30.3 Å². The lowest BCUT2D eigenvalue weighted by molar-refractivity contribution is -0.132. The third kappa shape index (κ3) is 5.85. The molecule has 0 aliphatic heterocycles. The van der Waals surface area contributed by atoms with Crippen LogP contribution in [0.2, 0.25) is 0 Å². The van der Waals surface area contributed by atoms with Gasteiger partial charge in [0.1, 0.15) is 6.61 Å². The average molecular weight is 371 g/mol. The fraction of sp³-hybridized carbons (Fsp3) is 0.250. The van der Waals surface area contributed by atoms with Crippen LogP contribution in [0.1, 0.15) is 28.4 Å². The molecule has 7 heteroatoms. The van der Waals surface area contributed by atoms with Crippen LogP contribution in [0, 0.1) is 0 Å². The molecule has 1 amide bonds. The molecule has 0 aromatic heterocycles. The zero-order chi connectivity index (χ0) is 19.6. The Kier molecular flexibility index (Phi) is 7.37. The van der Waals surface area contributed by atoms with E-state index in [1.54, 1.807) is 12.1 Å². The van der Waals surface area contributed by atoms with Crippen LogP contribution >= 0.6 is 0 Å². The summed E-state index contributed by atoms with van der Waals surface area (Å²) in [4.78, 5) is 34.6. The molecule has 2 aromatic carbocycles. The van der Waals surface area contributed by atoms with Crippen LogP contribution in [0.4, 0.5) is 4.79 Å². The van der Waals surface area contributed by atoms with Gasteiger partial charge in [0.25, 0.3) is 0 Å². The molecule has 0 bridgehead atoms. The molecular formula is C20H21NO6. The van der Waals surface area contributed by atoms with E-state index in [9.17, 15) is 14.4 Å². The third-order valence-corrected chi connectivity index (χ3v) is 3.71. The monoisotopic (exact) mass is 371 g/mol. The smallest absolute Gasteiger partial charge is 0.407 e. The first-order valence-electron chi connectivity index (χ1n) is 8.33. The lowest BCUT2D eigenvalue weighted by atomic mass is 10.0. The second-order valence-electron chi connectivity index (χ2n) is 5.62. The first kappa shape index (κ1) is 20.0. The number of aldehydes is 1. The van der Waals surface area contributed by atoms with E-state index in [0.717, 1.165) is 5.56 Å². The predicted molar refractivity (Wildman–Crippen MR) is 98.0 cm³/mol. The van der Waals surface area contributed by atoms with Gasteiger partial charge in [-0.3, -0.25) is 9.59 Å². The molecule has 0 fully saturated rings. The van der Waals surface area contributed by atoms with Crippen molar-refractivity contribution in [2.24, 2.45) is 0 Å². The van der Waals surface area contributed by atoms with E-state index in [1.165, 1.54) is 14.0 Å². The summed E-state index contributed by atoms with van der Waals surface area (Å²) in [6.07, 6.45) is 0.400. The van der Waals surface area contributed by atoms with E-state index in [2.05, 4.69) is 5.32 Å². The summed E-state index contributed by atoms with van der Waals surface area (Å²) < 4.78 is 15.4. The molecule has 2 rings (SSSR count). The van der Waals surface area contributed by atoms with Gasteiger partial charge in [-0.1, -0.05) is 36.4 Å². The van der Waals surface area contributed by atoms with Crippen LogP contribution in [-0.2, 0) is 22.6 Å². The minimum atomic E-state index is -0.559. The molecule has 0 heterocycles. The van der Waals surface area contributed by atoms with Gasteiger partial charge in [-0.15, -0.1) is 0 Å². The van der Waals surface area contributed by atoms with Crippen molar-refractivity contribution < 1.29 is 28.6 Å². The topological polar surface area (TPSA) is 90.9 Å². The van der Waals surface area contributed by atoms with Crippen LogP contribution < -0.4 is 14.8 Å². The largest absolute Gasteiger partial charge is 0.493 e. The number of esters is 1. The first-order valence-corrected chi connectivity index (χ1v) is 8.33. The van der Waals surface area contributed by atoms with Gasteiger partial charge in [-0.2, -0.15) is 0 Å². The van der Waals surface area contributed by atoms with Crippen LogP contribution in [-0.4, -0.2) is 32.0 Å². The zero-order valence-electron chi connectivity index (χ0n) is 15.2. The average Bonchev–Trinajstić information content (AvgIpc) is 2.67. The number of nitrogens with one attached hydrogen (secondary N) is 1. The number of alkyl carbamates (subject to hydrolysis) is 1. The second kappa shape index (κ2) is 9.96. The van der Waals surface area contributed by atoms with E-state index in [-0.39, 0.29) is 30.2 Å². The fourth-order valence-corrected chi connectivity index (χ4v) is 2.45. The fourth-order valence-electron chi connectivity index (χ4n) is 2.45. The highest BCUT2D eigenvalue weighted by atomic mass is 16.6. The van der Waals surface area contributed by atoms with E-state index in [4.69, 9.17) is 14.2 Å². The molecule has 0 unspecified atom stereocenters. The number of carbonyl (C=O) groups is 3. The van der Waals surface area contributed by atoms with Gasteiger partial charge in [0.15, 0.2) is 17.8 Å². The Balaban J connectivity index is 1.95. The number of rotatable bonds is 8. The van der Waals surface area contributed by atoms with Crippen LogP contribution in [0.5, 0.6) is 11.5 Å². The Morgan fingerprint density at radius 2 is 1.85 bits per heavy atom. The van der Waals surface area contributed by atoms with Crippen molar-refractivity contribution in [2.45, 2.75) is 20.0 Å². The lowest BCUT2D eigenvalue weighted by Crippen LogP contribution is -2.26. The standard InChI is InChI=1S/C20H21NO6/c1-14(23)27-19-17(12-22)16(8-9-18(19)25-2)10-11-21-20(24)26-13-15-6-4-3-5-7-15/h3-9,12H,10-11,13H2,1-2H3,(H,21,24). The molecule has 7 nitrogen and oxygen atoms in total. The number of hydrogen-bond acceptors (Lipinski definition) is 6. The summed E-state index contributed by atoms with van der Waals surface area (Å²) in [7, 11) is 1.42. The molecule has 0 saturated carbocycles. The Morgan fingerprint density at radius 3 is 2.48 bits per heavy atom. The third-order valence-electron chi connectivity index (χ3n) is 3.71. The highest BCUT2D eigenvalue weighted by molar-refractivity contribution is 5.86. The molecule has 1 N–H and O–H groups in total. The van der Waals surface area contributed by atoms with Crippen LogP contribution in [0.25, 0.3) is 0 Å². The molecule has 27 heavy (non-hydrogen) atoms. The molecule has 0 aliphatic carbocycles. The van der Waals surface area contributed by atoms with Gasteiger partial charge in [-0.25, -0.2) is 4.79 Å². The van der Waals surface area contributed by atoms with E-state index < -0.39 is 12.1 Å². The number of benzene rings is 2. The maximum absolute atomic E-state index is 11.8. The minimum absolute atomic E-state index is 0.0733. The molecule has 0 atom stereocenters. The van der Waals surface area contributed by atoms with Crippen LogP contribution in [0.15, 0.2) is 42.5 Å². The van der Waals surface area contributed by atoms with Crippen LogP contribution in [0.3, 0.4) is 0 Å². The van der Waals surface area contributed by atoms with Crippen molar-refractivity contribution in [3.8, 4) is 11.5 Å². The highest BCUT2D eigenvalue weighted by Gasteiger charge is 2.17. The minimum Gasteiger partial charge on any atom is -0.493 e. The van der Waals surface area contributed by atoms with E-state index in [0.29, 0.717) is 18.3 Å². The maximum atomic E-state index is 11.8. The van der Waals surface area contributed by atoms with Crippen molar-refractivity contribution in [3.63, 3.8) is 0 Å². The quantitative estimate of drug-likeness (QED) is 0.436. The number of ether oxygens (including phenoxy) is 3. The summed E-state index contributed by atoms with van der Waals surface area (Å²) in [5, 5.41) is 2.63. The van der Waals surface area contributed by atoms with Gasteiger partial charge in [-0.05, 0) is 23.6 Å². The molecule has 142 valence electrons. The second-order valence-corrected chi connectivity index (χ2v) is 5.62. The van der Waals surface area contributed by atoms with Crippen molar-refractivity contribution in [3.05, 3.63) is 59.2 Å². The molecule has 0 aliphatic rings. The first-order chi connectivity index (χ1) is 13.0. The van der Waals surface area contributed by atoms with Crippen molar-refractivity contribution in [1.29, 1.82) is 0 Å². The summed E-state index contributed by atoms with van der Waals surface area (Å²) in [5.41, 5.74) is 1.71. The van der Waals surface area contributed by atoms with Crippen molar-refractivity contribution in [1.82, 2.24) is 5.32 Å². The summed E-state index contributed by atoms with van der Waals surface area (Å²) in [6, 6.07) is 12.6. The summed E-state index contributed by atoms with van der Waals surface area (Å²) in [6.45, 7) is 1.66. The zero-order valence-corrected chi connectivity index (χ0v) is 15.2. The summed E-state index contributed by atoms with van der Waals surface area (Å²) in [5.74, 6) is -0.202. The van der Waals surface area contributed by atoms with Gasteiger partial charge in [0.05, 0.1) is 12.7 Å². The molecule has 0 radical (unpaired) electrons. The normalized spacial score (nSPS) is 10.0. The summed E-state index contributed by atoms with van der Waals surface area (Å²) >= 11 is 0. The van der Waals surface area contributed by atoms with Gasteiger partial charge in [0.2, 0.25) is 0 Å². The number of carbonyl (C=O) groups excluding carboxylic acids is 3. The lowest BCUT2D eigenvalue weighted by Gasteiger charge is -2.14. The Labute approximate surface area is 157 Å². The van der Waals surface area contributed by atoms with Crippen molar-refractivity contribution in [2.75, 3.05) is 13.7 Å². The van der Waals surface area contributed by atoms with Gasteiger partial charge >= 0.3 is 12.1 Å². The Morgan fingerprint density at radius 1 is 1.11 bits per heavy atom. The van der Waals surface area contributed by atoms with Crippen molar-refractivity contribution >= 4 is 18.3 Å². The van der Waals surface area contributed by atoms with Gasteiger partial charge < -0.3 is 19.5 Å². The Hall–Kier alpha value is -3.35. The van der Waals surface area contributed by atoms with E-state index >= 15 is 0 Å². The number of amides is 1. The number of methoxy groups -OCH3 is 1. The molecule has 0 saturated heterocycles. The maximum Gasteiger partial charge on any atom is 0.407 e.